The van der Waals surface area contributed by atoms with Gasteiger partial charge in [0.2, 0.25) is 17.9 Å². The van der Waals surface area contributed by atoms with E-state index in [1.54, 1.807) is 38.2 Å². The summed E-state index contributed by atoms with van der Waals surface area (Å²) in [7, 11) is 0. The lowest BCUT2D eigenvalue weighted by molar-refractivity contribution is -0.198. The second-order valence-electron chi connectivity index (χ2n) is 14.4. The molecule has 2 saturated heterocycles. The van der Waals surface area contributed by atoms with Crippen LogP contribution in [0.15, 0.2) is 72.9 Å². The Labute approximate surface area is 322 Å². The number of benzene rings is 2. The predicted octanol–water partition coefficient (Wildman–Crippen LogP) is 6.17. The Kier molecular flexibility index (Phi) is 11.2. The van der Waals surface area contributed by atoms with Gasteiger partial charge < -0.3 is 30.2 Å². The molecule has 1 spiro atoms. The van der Waals surface area contributed by atoms with Crippen LogP contribution >= 0.6 is 0 Å². The van der Waals surface area contributed by atoms with E-state index in [1.165, 1.54) is 21.7 Å². The van der Waals surface area contributed by atoms with Crippen molar-refractivity contribution in [3.05, 3.63) is 95.3 Å². The summed E-state index contributed by atoms with van der Waals surface area (Å²) in [5.41, 5.74) is 9.07. The normalized spacial score (nSPS) is 18.7. The third-order valence-corrected chi connectivity index (χ3v) is 10.6. The molecular formula is C40H45F3N8O5. The van der Waals surface area contributed by atoms with E-state index >= 15 is 13.2 Å². The summed E-state index contributed by atoms with van der Waals surface area (Å²) in [4.78, 5) is 38.2. The Morgan fingerprint density at radius 2 is 1.84 bits per heavy atom. The molecule has 1 amide bonds. The molecule has 0 unspecified atom stereocenters. The van der Waals surface area contributed by atoms with Crippen LogP contribution in [0.2, 0.25) is 0 Å². The van der Waals surface area contributed by atoms with Crippen molar-refractivity contribution in [3.8, 4) is 11.6 Å². The van der Waals surface area contributed by atoms with Crippen molar-refractivity contribution < 1.29 is 37.0 Å². The molecule has 16 heteroatoms. The molecule has 2 fully saturated rings. The Morgan fingerprint density at radius 1 is 1.05 bits per heavy atom. The van der Waals surface area contributed by atoms with E-state index < -0.39 is 35.8 Å². The number of amides is 1. The summed E-state index contributed by atoms with van der Waals surface area (Å²) >= 11 is 0. The van der Waals surface area contributed by atoms with E-state index in [-0.39, 0.29) is 42.8 Å². The number of carbonyl (C=O) groups excluding carboxylic acids is 2. The third-order valence-electron chi connectivity index (χ3n) is 10.6. The molecule has 56 heavy (non-hydrogen) atoms. The van der Waals surface area contributed by atoms with Crippen LogP contribution in [0.5, 0.6) is 5.88 Å². The number of piperidine rings is 1. The molecule has 0 radical (unpaired) electrons. The zero-order valence-corrected chi connectivity index (χ0v) is 31.3. The van der Waals surface area contributed by atoms with Crippen LogP contribution in [-0.2, 0) is 20.9 Å². The van der Waals surface area contributed by atoms with Crippen LogP contribution in [0.25, 0.3) is 11.3 Å². The number of hydrogen-bond donors (Lipinski definition) is 2. The van der Waals surface area contributed by atoms with Crippen molar-refractivity contribution >= 4 is 29.4 Å². The molecule has 7 rings (SSSR count). The first kappa shape index (κ1) is 38.6. The molecule has 5 heterocycles. The molecular weight excluding hydrogens is 729 g/mol. The number of aryl methyl sites for hydroxylation is 1. The molecule has 2 aromatic heterocycles. The van der Waals surface area contributed by atoms with Crippen LogP contribution in [0, 0.1) is 12.3 Å². The van der Waals surface area contributed by atoms with Crippen LogP contribution < -0.4 is 20.7 Å². The Balaban J connectivity index is 1.10. The minimum Gasteiger partial charge on any atom is -0.464 e. The number of nitrogen functional groups attached to an aromatic ring is 1. The Hall–Kier alpha value is -5.64. The van der Waals surface area contributed by atoms with Gasteiger partial charge in [0.25, 0.3) is 0 Å². The van der Waals surface area contributed by atoms with Crippen molar-refractivity contribution in [2.75, 3.05) is 50.0 Å². The number of nitrogens with zero attached hydrogens (tertiary/aromatic N) is 6. The first-order chi connectivity index (χ1) is 26.9. The molecule has 3 N–H and O–H groups in total. The maximum atomic E-state index is 15.0. The first-order valence-corrected chi connectivity index (χ1v) is 18.7. The predicted molar refractivity (Wildman–Crippen MR) is 202 cm³/mol. The second-order valence-corrected chi connectivity index (χ2v) is 14.4. The van der Waals surface area contributed by atoms with Gasteiger partial charge in [-0.25, -0.2) is 14.3 Å². The number of rotatable bonds is 10. The topological polar surface area (TPSA) is 150 Å². The average molecular weight is 775 g/mol. The number of nitrogens with two attached hydrogens (primary N) is 1. The van der Waals surface area contributed by atoms with Crippen LogP contribution in [0.4, 0.5) is 29.7 Å². The van der Waals surface area contributed by atoms with Gasteiger partial charge in [-0.1, -0.05) is 48.5 Å². The number of esters is 1. The monoisotopic (exact) mass is 774 g/mol. The lowest BCUT2D eigenvalue weighted by atomic mass is 9.76. The van der Waals surface area contributed by atoms with Crippen LogP contribution in [0.1, 0.15) is 61.1 Å². The van der Waals surface area contributed by atoms with Gasteiger partial charge >= 0.3 is 18.2 Å². The molecule has 4 aromatic rings. The standard InChI is InChI=1S/C40H45F3N8O5/c1-3-54-36(52)32-23-39(25-50(32)38(53)55-24-27-7-5-4-6-8-27)14-19-49(20-15-39)33-22-34(47-37(44)46-33)56-35(40(41,42)43)30-10-9-29(28-11-16-45-17-12-28)21-31(30)51-18-13-26(2)48-51/h4-11,13,18,21-22,32,35,45H,3,12,14-17,19-20,23-25H2,1-2H3,(H2,44,46,47)/t32-,35+/m0/s1. The lowest BCUT2D eigenvalue weighted by Gasteiger charge is -2.39. The quantitative estimate of drug-likeness (QED) is 0.178. The largest absolute Gasteiger partial charge is 0.464 e. The zero-order chi connectivity index (χ0) is 39.5. The number of anilines is 2. The highest BCUT2D eigenvalue weighted by atomic mass is 19.4. The van der Waals surface area contributed by atoms with Gasteiger partial charge in [-0.05, 0) is 80.3 Å². The molecule has 0 bridgehead atoms. The van der Waals surface area contributed by atoms with Gasteiger partial charge in [-0.3, -0.25) is 4.90 Å². The third kappa shape index (κ3) is 8.59. The number of carbonyl (C=O) groups is 2. The second kappa shape index (κ2) is 16.2. The van der Waals surface area contributed by atoms with E-state index in [1.807, 2.05) is 41.3 Å². The lowest BCUT2D eigenvalue weighted by Crippen LogP contribution is -2.43. The van der Waals surface area contributed by atoms with Gasteiger partial charge in [0.05, 0.1) is 18.0 Å². The van der Waals surface area contributed by atoms with Crippen molar-refractivity contribution in [1.82, 2.24) is 30.0 Å². The van der Waals surface area contributed by atoms with E-state index in [9.17, 15) is 9.59 Å². The van der Waals surface area contributed by atoms with Crippen molar-refractivity contribution in [2.24, 2.45) is 5.41 Å². The van der Waals surface area contributed by atoms with Gasteiger partial charge in [-0.15, -0.1) is 0 Å². The maximum absolute atomic E-state index is 15.0. The number of likely N-dealkylation sites (tertiary alicyclic amines) is 1. The number of nitrogens with one attached hydrogen (secondary N) is 1. The number of aromatic nitrogens is 4. The summed E-state index contributed by atoms with van der Waals surface area (Å²) in [5.74, 6) is -0.765. The molecule has 0 saturated carbocycles. The summed E-state index contributed by atoms with van der Waals surface area (Å²) < 4.78 is 63.1. The summed E-state index contributed by atoms with van der Waals surface area (Å²) in [6, 6.07) is 16.4. The van der Waals surface area contributed by atoms with Gasteiger partial charge in [0.15, 0.2) is 0 Å². The van der Waals surface area contributed by atoms with E-state index in [2.05, 4.69) is 20.4 Å². The van der Waals surface area contributed by atoms with E-state index in [0.717, 1.165) is 29.7 Å². The highest BCUT2D eigenvalue weighted by Crippen LogP contribution is 2.45. The number of hydrogen-bond acceptors (Lipinski definition) is 11. The minimum absolute atomic E-state index is 0.0625. The number of alkyl halides is 3. The Bertz CT molecular complexity index is 2070. The summed E-state index contributed by atoms with van der Waals surface area (Å²) in [5, 5.41) is 7.69. The fourth-order valence-electron chi connectivity index (χ4n) is 7.75. The highest BCUT2D eigenvalue weighted by molar-refractivity contribution is 5.82. The highest BCUT2D eigenvalue weighted by Gasteiger charge is 2.51. The van der Waals surface area contributed by atoms with Gasteiger partial charge in [0, 0.05) is 44.0 Å². The number of ether oxygens (including phenoxy) is 3. The maximum Gasteiger partial charge on any atom is 0.429 e. The van der Waals surface area contributed by atoms with E-state index in [4.69, 9.17) is 19.9 Å². The van der Waals surface area contributed by atoms with Crippen molar-refractivity contribution in [1.29, 1.82) is 0 Å². The fourth-order valence-corrected chi connectivity index (χ4v) is 7.75. The molecule has 0 aliphatic carbocycles. The van der Waals surface area contributed by atoms with Crippen molar-refractivity contribution in [3.63, 3.8) is 0 Å². The average Bonchev–Trinajstić information content (AvgIpc) is 3.80. The molecule has 2 aromatic carbocycles. The molecule has 2 atom stereocenters. The molecule has 3 aliphatic heterocycles. The summed E-state index contributed by atoms with van der Waals surface area (Å²) in [6.07, 6.45) is -1.94. The molecule has 13 nitrogen and oxygen atoms in total. The zero-order valence-electron chi connectivity index (χ0n) is 31.3. The Morgan fingerprint density at radius 3 is 2.52 bits per heavy atom. The SMILES string of the molecule is CCOC(=O)[C@@H]1CC2(CCN(c3cc(O[C@H](c4ccc(C5=CCNCC5)cc4-n4ccc(C)n4)C(F)(F)F)nc(N)n3)CC2)CN1C(=O)OCc1ccccc1. The number of halogens is 3. The smallest absolute Gasteiger partial charge is 0.429 e. The minimum atomic E-state index is -4.84. The van der Waals surface area contributed by atoms with Crippen LogP contribution in [-0.4, -0.2) is 88.3 Å². The molecule has 3 aliphatic rings. The van der Waals surface area contributed by atoms with Gasteiger partial charge in [-0.2, -0.15) is 28.2 Å². The fraction of sp³-hybridized carbons (Fsp3) is 0.425. The molecule has 296 valence electrons. The van der Waals surface area contributed by atoms with Crippen molar-refractivity contribution in [2.45, 2.75) is 64.5 Å². The first-order valence-electron chi connectivity index (χ1n) is 18.7. The van der Waals surface area contributed by atoms with E-state index in [0.29, 0.717) is 50.4 Å². The van der Waals surface area contributed by atoms with Crippen LogP contribution in [0.3, 0.4) is 0 Å². The van der Waals surface area contributed by atoms with Gasteiger partial charge in [0.1, 0.15) is 18.5 Å². The summed E-state index contributed by atoms with van der Waals surface area (Å²) in [6.45, 7) is 6.30.